The molecule has 0 bridgehead atoms. The first kappa shape index (κ1) is 16.5. The van der Waals surface area contributed by atoms with E-state index >= 15 is 0 Å². The number of imidazole rings is 1. The second-order valence-corrected chi connectivity index (χ2v) is 6.45. The van der Waals surface area contributed by atoms with Crippen molar-refractivity contribution in [3.63, 3.8) is 0 Å². The lowest BCUT2D eigenvalue weighted by atomic mass is 10.0. The van der Waals surface area contributed by atoms with E-state index in [9.17, 15) is 0 Å². The first-order valence-corrected chi connectivity index (χ1v) is 8.90. The molecule has 1 N–H and O–H groups in total. The van der Waals surface area contributed by atoms with Crippen LogP contribution in [0.3, 0.4) is 0 Å². The molecule has 2 heterocycles. The number of aryl methyl sites for hydroxylation is 1. The predicted octanol–water partition coefficient (Wildman–Crippen LogP) is 4.04. The Hall–Kier alpha value is -2.98. The van der Waals surface area contributed by atoms with Crippen LogP contribution in [0.1, 0.15) is 23.1 Å². The summed E-state index contributed by atoms with van der Waals surface area (Å²) in [6, 6.07) is 25.0. The van der Waals surface area contributed by atoms with Crippen LogP contribution in [0.15, 0.2) is 79.0 Å². The van der Waals surface area contributed by atoms with Gasteiger partial charge in [-0.2, -0.15) is 0 Å². The largest absolute Gasteiger partial charge is 0.330 e. The van der Waals surface area contributed by atoms with Crippen molar-refractivity contribution in [3.8, 4) is 0 Å². The van der Waals surface area contributed by atoms with E-state index in [-0.39, 0.29) is 6.04 Å². The van der Waals surface area contributed by atoms with Crippen molar-refractivity contribution in [2.24, 2.45) is 7.05 Å². The van der Waals surface area contributed by atoms with Gasteiger partial charge in [0.05, 0.1) is 17.6 Å². The molecular formula is C22H22N4. The lowest BCUT2D eigenvalue weighted by molar-refractivity contribution is 0.509. The number of aromatic nitrogens is 3. The molecule has 0 fully saturated rings. The number of para-hydroxylation sites is 2. The van der Waals surface area contributed by atoms with E-state index in [0.29, 0.717) is 6.54 Å². The average molecular weight is 342 g/mol. The number of fused-ring (bicyclic) bond motifs is 1. The molecule has 0 amide bonds. The van der Waals surface area contributed by atoms with Crippen molar-refractivity contribution >= 4 is 11.0 Å². The van der Waals surface area contributed by atoms with Gasteiger partial charge in [-0.3, -0.25) is 4.98 Å². The molecule has 4 heteroatoms. The molecule has 0 saturated heterocycles. The fraction of sp³-hybridized carbons (Fsp3) is 0.182. The molecule has 130 valence electrons. The van der Waals surface area contributed by atoms with Crippen LogP contribution in [-0.4, -0.2) is 14.5 Å². The molecular weight excluding hydrogens is 320 g/mol. The maximum absolute atomic E-state index is 4.77. The molecule has 2 aromatic carbocycles. The quantitative estimate of drug-likeness (QED) is 0.575. The summed E-state index contributed by atoms with van der Waals surface area (Å²) in [5.41, 5.74) is 4.54. The summed E-state index contributed by atoms with van der Waals surface area (Å²) in [5, 5.41) is 3.68. The Labute approximate surface area is 153 Å². The molecule has 0 aliphatic carbocycles. The molecule has 0 aliphatic heterocycles. The zero-order chi connectivity index (χ0) is 17.8. The van der Waals surface area contributed by atoms with Crippen molar-refractivity contribution in [2.75, 3.05) is 0 Å². The van der Waals surface area contributed by atoms with E-state index in [2.05, 4.69) is 70.4 Å². The van der Waals surface area contributed by atoms with Crippen LogP contribution in [0, 0.1) is 0 Å². The molecule has 2 aromatic heterocycles. The molecule has 4 nitrogen and oxygen atoms in total. The fourth-order valence-electron chi connectivity index (χ4n) is 3.29. The molecule has 0 aliphatic rings. The number of rotatable bonds is 6. The molecule has 0 saturated carbocycles. The van der Waals surface area contributed by atoms with Crippen LogP contribution < -0.4 is 5.32 Å². The highest BCUT2D eigenvalue weighted by molar-refractivity contribution is 5.75. The van der Waals surface area contributed by atoms with E-state index < -0.39 is 0 Å². The third-order valence-electron chi connectivity index (χ3n) is 4.73. The van der Waals surface area contributed by atoms with Crippen LogP contribution in [0.5, 0.6) is 0 Å². The van der Waals surface area contributed by atoms with Crippen LogP contribution >= 0.6 is 0 Å². The SMILES string of the molecule is Cn1c(CN[C@@H](Cc2ccccn2)c2ccccc2)nc2ccccc21. The summed E-state index contributed by atoms with van der Waals surface area (Å²) >= 11 is 0. The molecule has 0 radical (unpaired) electrons. The summed E-state index contributed by atoms with van der Waals surface area (Å²) in [4.78, 5) is 9.26. The number of nitrogens with one attached hydrogen (secondary N) is 1. The average Bonchev–Trinajstić information content (AvgIpc) is 3.03. The van der Waals surface area contributed by atoms with Gasteiger partial charge >= 0.3 is 0 Å². The molecule has 0 spiro atoms. The minimum absolute atomic E-state index is 0.186. The highest BCUT2D eigenvalue weighted by atomic mass is 15.1. The first-order valence-electron chi connectivity index (χ1n) is 8.90. The summed E-state index contributed by atoms with van der Waals surface area (Å²) in [5.74, 6) is 1.04. The smallest absolute Gasteiger partial charge is 0.123 e. The van der Waals surface area contributed by atoms with Gasteiger partial charge < -0.3 is 9.88 Å². The minimum Gasteiger partial charge on any atom is -0.330 e. The summed E-state index contributed by atoms with van der Waals surface area (Å²) in [7, 11) is 2.07. The third-order valence-corrected chi connectivity index (χ3v) is 4.73. The fourth-order valence-corrected chi connectivity index (χ4v) is 3.29. The van der Waals surface area contributed by atoms with E-state index in [1.165, 1.54) is 5.56 Å². The standard InChI is InChI=1S/C22H22N4/c1-26-21-13-6-5-12-19(21)25-22(26)16-24-20(17-9-3-2-4-10-17)15-18-11-7-8-14-23-18/h2-14,20,24H,15-16H2,1H3/t20-/m0/s1. The summed E-state index contributed by atoms with van der Waals surface area (Å²) in [6.07, 6.45) is 2.69. The Morgan fingerprint density at radius 1 is 0.923 bits per heavy atom. The number of hydrogen-bond acceptors (Lipinski definition) is 3. The van der Waals surface area contributed by atoms with E-state index in [1.807, 2.05) is 30.5 Å². The number of pyridine rings is 1. The predicted molar refractivity (Wildman–Crippen MR) is 105 cm³/mol. The highest BCUT2D eigenvalue weighted by Gasteiger charge is 2.14. The van der Waals surface area contributed by atoms with Crippen molar-refractivity contribution < 1.29 is 0 Å². The van der Waals surface area contributed by atoms with E-state index in [0.717, 1.165) is 29.0 Å². The van der Waals surface area contributed by atoms with E-state index in [1.54, 1.807) is 0 Å². The number of nitrogens with zero attached hydrogens (tertiary/aromatic N) is 3. The lowest BCUT2D eigenvalue weighted by Crippen LogP contribution is -2.24. The second-order valence-electron chi connectivity index (χ2n) is 6.45. The van der Waals surface area contributed by atoms with Gasteiger partial charge in [0.15, 0.2) is 0 Å². The molecule has 4 aromatic rings. The zero-order valence-electron chi connectivity index (χ0n) is 14.8. The van der Waals surface area contributed by atoms with Crippen molar-refractivity contribution in [2.45, 2.75) is 19.0 Å². The molecule has 1 atom stereocenters. The molecule has 4 rings (SSSR count). The van der Waals surface area contributed by atoms with Crippen molar-refractivity contribution in [1.82, 2.24) is 19.9 Å². The third kappa shape index (κ3) is 3.51. The van der Waals surface area contributed by atoms with Crippen molar-refractivity contribution in [1.29, 1.82) is 0 Å². The normalized spacial score (nSPS) is 12.3. The maximum atomic E-state index is 4.77. The summed E-state index contributed by atoms with van der Waals surface area (Å²) in [6.45, 7) is 0.706. The lowest BCUT2D eigenvalue weighted by Gasteiger charge is -2.19. The van der Waals surface area contributed by atoms with Gasteiger partial charge in [0.2, 0.25) is 0 Å². The molecule has 0 unspecified atom stereocenters. The van der Waals surface area contributed by atoms with Gasteiger partial charge in [0.25, 0.3) is 0 Å². The van der Waals surface area contributed by atoms with Gasteiger partial charge in [-0.1, -0.05) is 48.5 Å². The Morgan fingerprint density at radius 2 is 1.69 bits per heavy atom. The Morgan fingerprint density at radius 3 is 2.46 bits per heavy atom. The van der Waals surface area contributed by atoms with Crippen LogP contribution in [0.25, 0.3) is 11.0 Å². The Balaban J connectivity index is 1.57. The topological polar surface area (TPSA) is 42.7 Å². The minimum atomic E-state index is 0.186. The number of benzene rings is 2. The van der Waals surface area contributed by atoms with E-state index in [4.69, 9.17) is 4.98 Å². The number of hydrogen-bond donors (Lipinski definition) is 1. The Bertz CT molecular complexity index is 977. The van der Waals surface area contributed by atoms with Crippen molar-refractivity contribution in [3.05, 3.63) is 96.1 Å². The van der Waals surface area contributed by atoms with Crippen LogP contribution in [0.2, 0.25) is 0 Å². The van der Waals surface area contributed by atoms with Crippen LogP contribution in [0.4, 0.5) is 0 Å². The Kier molecular flexibility index (Phi) is 4.75. The second kappa shape index (κ2) is 7.50. The first-order chi connectivity index (χ1) is 12.8. The summed E-state index contributed by atoms with van der Waals surface area (Å²) < 4.78 is 2.16. The van der Waals surface area contributed by atoms with Gasteiger partial charge in [-0.15, -0.1) is 0 Å². The highest BCUT2D eigenvalue weighted by Crippen LogP contribution is 2.19. The molecule has 26 heavy (non-hydrogen) atoms. The van der Waals surface area contributed by atoms with Gasteiger partial charge in [-0.25, -0.2) is 4.98 Å². The van der Waals surface area contributed by atoms with Crippen LogP contribution in [-0.2, 0) is 20.0 Å². The van der Waals surface area contributed by atoms with Gasteiger partial charge in [-0.05, 0) is 29.8 Å². The maximum Gasteiger partial charge on any atom is 0.123 e. The van der Waals surface area contributed by atoms with Gasteiger partial charge in [0, 0.05) is 31.4 Å². The monoisotopic (exact) mass is 342 g/mol. The van der Waals surface area contributed by atoms with Gasteiger partial charge in [0.1, 0.15) is 5.82 Å². The zero-order valence-corrected chi connectivity index (χ0v) is 14.8.